The minimum atomic E-state index is -0.650. The van der Waals surface area contributed by atoms with E-state index in [4.69, 9.17) is 4.42 Å². The Hall–Kier alpha value is -2.56. The van der Waals surface area contributed by atoms with Crippen molar-refractivity contribution in [1.29, 1.82) is 0 Å². The molecule has 1 heterocycles. The molecular weight excluding hydrogens is 280 g/mol. The van der Waals surface area contributed by atoms with Crippen LogP contribution in [-0.2, 0) is 22.6 Å². The zero-order valence-electron chi connectivity index (χ0n) is 12.5. The molecule has 2 N–H and O–H groups in total. The van der Waals surface area contributed by atoms with Gasteiger partial charge >= 0.3 is 11.8 Å². The molecule has 2 amide bonds. The highest BCUT2D eigenvalue weighted by Crippen LogP contribution is 2.04. The second-order valence-electron chi connectivity index (χ2n) is 5.16. The van der Waals surface area contributed by atoms with Gasteiger partial charge in [-0.1, -0.05) is 30.3 Å². The third-order valence-electron chi connectivity index (χ3n) is 3.30. The van der Waals surface area contributed by atoms with E-state index >= 15 is 0 Å². The molecule has 116 valence electrons. The average molecular weight is 300 g/mol. The number of nitrogens with one attached hydrogen (secondary N) is 2. The van der Waals surface area contributed by atoms with Gasteiger partial charge in [-0.15, -0.1) is 0 Å². The molecule has 1 aromatic carbocycles. The summed E-state index contributed by atoms with van der Waals surface area (Å²) in [5.74, 6) is -0.659. The molecule has 1 atom stereocenters. The lowest BCUT2D eigenvalue weighted by molar-refractivity contribution is -0.139. The van der Waals surface area contributed by atoms with Crippen LogP contribution in [0.5, 0.6) is 0 Å². The Balaban J connectivity index is 1.70. The topological polar surface area (TPSA) is 71.3 Å². The normalized spacial score (nSPS) is 11.7. The van der Waals surface area contributed by atoms with Gasteiger partial charge in [0, 0.05) is 6.04 Å². The van der Waals surface area contributed by atoms with Crippen molar-refractivity contribution in [1.82, 2.24) is 10.6 Å². The van der Waals surface area contributed by atoms with Crippen molar-refractivity contribution in [2.75, 3.05) is 0 Å². The molecule has 0 fully saturated rings. The van der Waals surface area contributed by atoms with E-state index in [0.29, 0.717) is 5.76 Å². The third-order valence-corrected chi connectivity index (χ3v) is 3.30. The van der Waals surface area contributed by atoms with Crippen molar-refractivity contribution in [3.63, 3.8) is 0 Å². The van der Waals surface area contributed by atoms with E-state index in [2.05, 4.69) is 10.6 Å². The first-order valence-electron chi connectivity index (χ1n) is 7.30. The molecule has 0 aliphatic rings. The number of carbonyl (C=O) groups excluding carboxylic acids is 2. The summed E-state index contributed by atoms with van der Waals surface area (Å²) in [7, 11) is 0. The molecule has 5 heteroatoms. The Bertz CT molecular complexity index is 594. The molecule has 1 aromatic heterocycles. The highest BCUT2D eigenvalue weighted by atomic mass is 16.3. The van der Waals surface area contributed by atoms with Crippen molar-refractivity contribution in [3.05, 3.63) is 60.1 Å². The van der Waals surface area contributed by atoms with Crippen LogP contribution in [-0.4, -0.2) is 17.9 Å². The zero-order valence-corrected chi connectivity index (χ0v) is 12.5. The molecule has 22 heavy (non-hydrogen) atoms. The fourth-order valence-corrected chi connectivity index (χ4v) is 2.05. The molecule has 0 saturated carbocycles. The SMILES string of the molecule is C[C@@H](CCc1ccccc1)NC(=O)C(=O)NCc1ccco1. The van der Waals surface area contributed by atoms with Crippen molar-refractivity contribution in [2.45, 2.75) is 32.4 Å². The van der Waals surface area contributed by atoms with Crippen molar-refractivity contribution in [2.24, 2.45) is 0 Å². The van der Waals surface area contributed by atoms with Crippen LogP contribution in [0.2, 0.25) is 0 Å². The van der Waals surface area contributed by atoms with Gasteiger partial charge < -0.3 is 15.1 Å². The van der Waals surface area contributed by atoms with Crippen LogP contribution in [0, 0.1) is 0 Å². The van der Waals surface area contributed by atoms with Gasteiger partial charge in [-0.3, -0.25) is 9.59 Å². The minimum Gasteiger partial charge on any atom is -0.467 e. The van der Waals surface area contributed by atoms with Crippen molar-refractivity contribution >= 4 is 11.8 Å². The maximum atomic E-state index is 11.8. The van der Waals surface area contributed by atoms with Crippen LogP contribution in [0.1, 0.15) is 24.7 Å². The third kappa shape index (κ3) is 5.09. The highest BCUT2D eigenvalue weighted by Gasteiger charge is 2.16. The second-order valence-corrected chi connectivity index (χ2v) is 5.16. The molecule has 0 spiro atoms. The Morgan fingerprint density at radius 2 is 1.86 bits per heavy atom. The van der Waals surface area contributed by atoms with Crippen LogP contribution in [0.25, 0.3) is 0 Å². The van der Waals surface area contributed by atoms with Crippen molar-refractivity contribution in [3.8, 4) is 0 Å². The quantitative estimate of drug-likeness (QED) is 0.802. The van der Waals surface area contributed by atoms with Gasteiger partial charge in [0.05, 0.1) is 12.8 Å². The lowest BCUT2D eigenvalue weighted by Crippen LogP contribution is -2.43. The van der Waals surface area contributed by atoms with Gasteiger partial charge in [0.25, 0.3) is 0 Å². The van der Waals surface area contributed by atoms with Crippen LogP contribution in [0.15, 0.2) is 53.1 Å². The average Bonchev–Trinajstić information content (AvgIpc) is 3.05. The smallest absolute Gasteiger partial charge is 0.309 e. The summed E-state index contributed by atoms with van der Waals surface area (Å²) in [4.78, 5) is 23.5. The summed E-state index contributed by atoms with van der Waals surface area (Å²) >= 11 is 0. The van der Waals surface area contributed by atoms with E-state index in [-0.39, 0.29) is 12.6 Å². The van der Waals surface area contributed by atoms with Crippen LogP contribution >= 0.6 is 0 Å². The summed E-state index contributed by atoms with van der Waals surface area (Å²) in [6.45, 7) is 2.10. The number of hydrogen-bond donors (Lipinski definition) is 2. The fourth-order valence-electron chi connectivity index (χ4n) is 2.05. The lowest BCUT2D eigenvalue weighted by atomic mass is 10.1. The largest absolute Gasteiger partial charge is 0.467 e. The molecule has 2 aromatic rings. The van der Waals surface area contributed by atoms with Crippen LogP contribution in [0.3, 0.4) is 0 Å². The monoisotopic (exact) mass is 300 g/mol. The van der Waals surface area contributed by atoms with E-state index in [1.54, 1.807) is 12.1 Å². The van der Waals surface area contributed by atoms with Gasteiger partial charge in [-0.05, 0) is 37.5 Å². The van der Waals surface area contributed by atoms with Crippen molar-refractivity contribution < 1.29 is 14.0 Å². The molecule has 0 radical (unpaired) electrons. The summed E-state index contributed by atoms with van der Waals surface area (Å²) in [5, 5.41) is 5.22. The molecule has 2 rings (SSSR count). The second kappa shape index (κ2) is 8.02. The first-order valence-corrected chi connectivity index (χ1v) is 7.30. The highest BCUT2D eigenvalue weighted by molar-refractivity contribution is 6.35. The molecule has 0 unspecified atom stereocenters. The fraction of sp³-hybridized carbons (Fsp3) is 0.294. The summed E-state index contributed by atoms with van der Waals surface area (Å²) < 4.78 is 5.09. The predicted octanol–water partition coefficient (Wildman–Crippen LogP) is 2.03. The molecule has 0 aliphatic carbocycles. The van der Waals surface area contributed by atoms with Gasteiger partial charge in [0.15, 0.2) is 0 Å². The van der Waals surface area contributed by atoms with E-state index in [1.807, 2.05) is 37.3 Å². The van der Waals surface area contributed by atoms with E-state index < -0.39 is 11.8 Å². The van der Waals surface area contributed by atoms with E-state index in [0.717, 1.165) is 12.8 Å². The number of aryl methyl sites for hydroxylation is 1. The van der Waals surface area contributed by atoms with Gasteiger partial charge in [0.2, 0.25) is 0 Å². The number of benzene rings is 1. The summed E-state index contributed by atoms with van der Waals surface area (Å²) in [6.07, 6.45) is 3.16. The van der Waals surface area contributed by atoms with Crippen LogP contribution in [0.4, 0.5) is 0 Å². The molecule has 0 aliphatic heterocycles. The van der Waals surface area contributed by atoms with Gasteiger partial charge in [-0.2, -0.15) is 0 Å². The number of carbonyl (C=O) groups is 2. The molecular formula is C17H20N2O3. The first kappa shape index (κ1) is 15.8. The van der Waals surface area contributed by atoms with Gasteiger partial charge in [-0.25, -0.2) is 0 Å². The Morgan fingerprint density at radius 1 is 1.09 bits per heavy atom. The first-order chi connectivity index (χ1) is 10.6. The maximum Gasteiger partial charge on any atom is 0.309 e. The molecule has 0 saturated heterocycles. The lowest BCUT2D eigenvalue weighted by Gasteiger charge is -2.13. The standard InChI is InChI=1S/C17H20N2O3/c1-13(9-10-14-6-3-2-4-7-14)19-17(21)16(20)18-12-15-8-5-11-22-15/h2-8,11,13H,9-10,12H2,1H3,(H,18,20)(H,19,21)/t13-/m0/s1. The Kier molecular flexibility index (Phi) is 5.77. The van der Waals surface area contributed by atoms with Gasteiger partial charge in [0.1, 0.15) is 5.76 Å². The number of hydrogen-bond acceptors (Lipinski definition) is 3. The predicted molar refractivity (Wildman–Crippen MR) is 82.9 cm³/mol. The molecule has 5 nitrogen and oxygen atoms in total. The Labute approximate surface area is 129 Å². The minimum absolute atomic E-state index is 0.0675. The number of rotatable bonds is 6. The Morgan fingerprint density at radius 3 is 2.55 bits per heavy atom. The number of amides is 2. The van der Waals surface area contributed by atoms with E-state index in [9.17, 15) is 9.59 Å². The van der Waals surface area contributed by atoms with E-state index in [1.165, 1.54) is 11.8 Å². The summed E-state index contributed by atoms with van der Waals surface area (Å²) in [5.41, 5.74) is 1.21. The zero-order chi connectivity index (χ0) is 15.8. The maximum absolute atomic E-state index is 11.8. The molecule has 0 bridgehead atoms. The summed E-state index contributed by atoms with van der Waals surface area (Å²) in [6, 6.07) is 13.4. The number of furan rings is 1. The van der Waals surface area contributed by atoms with Crippen LogP contribution < -0.4 is 10.6 Å².